The molecule has 33 heavy (non-hydrogen) atoms. The van der Waals surface area contributed by atoms with Gasteiger partial charge in [-0.1, -0.05) is 42.5 Å². The topological polar surface area (TPSA) is 135 Å². The summed E-state index contributed by atoms with van der Waals surface area (Å²) < 4.78 is 0. The van der Waals surface area contributed by atoms with Gasteiger partial charge in [0.1, 0.15) is 5.92 Å². The molecule has 2 atom stereocenters. The summed E-state index contributed by atoms with van der Waals surface area (Å²) in [5.74, 6) is -5.08. The van der Waals surface area contributed by atoms with Crippen molar-refractivity contribution in [3.63, 3.8) is 0 Å². The molecular weight excluding hydrogens is 428 g/mol. The number of nitro benzene ring substituents is 1. The molecule has 3 aromatic rings. The Labute approximate surface area is 187 Å². The third kappa shape index (κ3) is 3.87. The van der Waals surface area contributed by atoms with E-state index < -0.39 is 40.3 Å². The standard InChI is InChI=1S/C24H16N2O7/c27-21(14-5-2-1-3-6-14)19-20(16-7-4-8-18(13-16)26(32)33)25(23(29)22(19)28)17-11-9-15(10-12-17)24(30)31/h1-13,19-20H,(H,30,31). The van der Waals surface area contributed by atoms with Crippen LogP contribution >= 0.6 is 0 Å². The number of hydrogen-bond acceptors (Lipinski definition) is 6. The van der Waals surface area contributed by atoms with Crippen LogP contribution in [-0.4, -0.2) is 33.5 Å². The molecule has 1 aliphatic rings. The van der Waals surface area contributed by atoms with E-state index in [4.69, 9.17) is 5.11 Å². The summed E-state index contributed by atoms with van der Waals surface area (Å²) in [6.07, 6.45) is 0. The first-order valence-corrected chi connectivity index (χ1v) is 9.84. The summed E-state index contributed by atoms with van der Waals surface area (Å²) in [5, 5.41) is 20.5. The molecule has 1 N–H and O–H groups in total. The monoisotopic (exact) mass is 444 g/mol. The molecule has 1 amide bonds. The van der Waals surface area contributed by atoms with Crippen molar-refractivity contribution in [3.8, 4) is 0 Å². The molecular formula is C24H16N2O7. The largest absolute Gasteiger partial charge is 0.478 e. The van der Waals surface area contributed by atoms with Gasteiger partial charge in [0, 0.05) is 23.4 Å². The van der Waals surface area contributed by atoms with Crippen LogP contribution in [0.3, 0.4) is 0 Å². The lowest BCUT2D eigenvalue weighted by Gasteiger charge is -2.27. The Morgan fingerprint density at radius 1 is 0.879 bits per heavy atom. The van der Waals surface area contributed by atoms with E-state index in [-0.39, 0.29) is 28.1 Å². The molecule has 0 aliphatic carbocycles. The Morgan fingerprint density at radius 2 is 1.55 bits per heavy atom. The molecule has 9 heteroatoms. The number of nitro groups is 1. The summed E-state index contributed by atoms with van der Waals surface area (Å²) >= 11 is 0. The van der Waals surface area contributed by atoms with E-state index in [2.05, 4.69) is 0 Å². The van der Waals surface area contributed by atoms with Gasteiger partial charge in [0.15, 0.2) is 5.78 Å². The Bertz CT molecular complexity index is 1290. The number of nitrogens with zero attached hydrogens (tertiary/aromatic N) is 2. The maximum atomic E-state index is 13.3. The zero-order chi connectivity index (χ0) is 23.7. The van der Waals surface area contributed by atoms with Gasteiger partial charge in [-0.15, -0.1) is 0 Å². The minimum absolute atomic E-state index is 0.0273. The van der Waals surface area contributed by atoms with Crippen molar-refractivity contribution in [1.82, 2.24) is 0 Å². The molecule has 0 aromatic heterocycles. The third-order valence-electron chi connectivity index (χ3n) is 5.46. The number of rotatable bonds is 6. The number of amides is 1. The van der Waals surface area contributed by atoms with Crippen molar-refractivity contribution in [2.75, 3.05) is 4.90 Å². The van der Waals surface area contributed by atoms with E-state index in [1.165, 1.54) is 60.7 Å². The first-order valence-electron chi connectivity index (χ1n) is 9.84. The lowest BCUT2D eigenvalue weighted by Crippen LogP contribution is -2.30. The van der Waals surface area contributed by atoms with Crippen LogP contribution in [0.25, 0.3) is 0 Å². The van der Waals surface area contributed by atoms with E-state index in [0.717, 1.165) is 4.90 Å². The lowest BCUT2D eigenvalue weighted by atomic mass is 9.86. The zero-order valence-electron chi connectivity index (χ0n) is 17.0. The number of ketones is 2. The van der Waals surface area contributed by atoms with Gasteiger partial charge >= 0.3 is 5.97 Å². The quantitative estimate of drug-likeness (QED) is 0.202. The normalized spacial score (nSPS) is 17.8. The van der Waals surface area contributed by atoms with Gasteiger partial charge in [0.2, 0.25) is 5.78 Å². The van der Waals surface area contributed by atoms with Gasteiger partial charge in [0.25, 0.3) is 11.6 Å². The summed E-state index contributed by atoms with van der Waals surface area (Å²) in [6.45, 7) is 0. The van der Waals surface area contributed by atoms with Crippen LogP contribution < -0.4 is 4.90 Å². The van der Waals surface area contributed by atoms with Crippen LogP contribution in [0.4, 0.5) is 11.4 Å². The van der Waals surface area contributed by atoms with Crippen molar-refractivity contribution in [2.24, 2.45) is 5.92 Å². The average molecular weight is 444 g/mol. The van der Waals surface area contributed by atoms with Crippen molar-refractivity contribution in [2.45, 2.75) is 6.04 Å². The molecule has 0 bridgehead atoms. The smallest absolute Gasteiger partial charge is 0.335 e. The summed E-state index contributed by atoms with van der Waals surface area (Å²) in [6, 6.07) is 17.5. The molecule has 1 fully saturated rings. The Hall–Kier alpha value is -4.66. The number of hydrogen-bond donors (Lipinski definition) is 1. The van der Waals surface area contributed by atoms with Gasteiger partial charge in [-0.3, -0.25) is 29.4 Å². The summed E-state index contributed by atoms with van der Waals surface area (Å²) in [7, 11) is 0. The molecule has 1 aliphatic heterocycles. The number of aromatic carboxylic acids is 1. The van der Waals surface area contributed by atoms with Gasteiger partial charge < -0.3 is 5.11 Å². The van der Waals surface area contributed by atoms with Crippen molar-refractivity contribution >= 4 is 34.8 Å². The van der Waals surface area contributed by atoms with Crippen LogP contribution in [0.5, 0.6) is 0 Å². The number of carboxylic acid groups (broad SMARTS) is 1. The number of non-ortho nitro benzene ring substituents is 1. The van der Waals surface area contributed by atoms with Gasteiger partial charge in [-0.2, -0.15) is 0 Å². The maximum Gasteiger partial charge on any atom is 0.335 e. The highest BCUT2D eigenvalue weighted by molar-refractivity contribution is 6.49. The molecule has 0 spiro atoms. The van der Waals surface area contributed by atoms with E-state index in [9.17, 15) is 29.3 Å². The summed E-state index contributed by atoms with van der Waals surface area (Å²) in [5.41, 5.74) is 0.368. The minimum Gasteiger partial charge on any atom is -0.478 e. The van der Waals surface area contributed by atoms with Crippen LogP contribution in [0, 0.1) is 16.0 Å². The van der Waals surface area contributed by atoms with Crippen molar-refractivity contribution in [1.29, 1.82) is 0 Å². The highest BCUT2D eigenvalue weighted by Crippen LogP contribution is 2.42. The molecule has 3 aromatic carbocycles. The Morgan fingerprint density at radius 3 is 2.15 bits per heavy atom. The van der Waals surface area contributed by atoms with E-state index in [0.29, 0.717) is 0 Å². The van der Waals surface area contributed by atoms with Crippen LogP contribution in [0.15, 0.2) is 78.9 Å². The molecule has 0 saturated carbocycles. The predicted molar refractivity (Wildman–Crippen MR) is 116 cm³/mol. The highest BCUT2D eigenvalue weighted by Gasteiger charge is 2.52. The van der Waals surface area contributed by atoms with E-state index in [1.807, 2.05) is 0 Å². The molecule has 0 radical (unpaired) electrons. The Balaban J connectivity index is 1.87. The lowest BCUT2D eigenvalue weighted by molar-refractivity contribution is -0.384. The maximum absolute atomic E-state index is 13.3. The predicted octanol–water partition coefficient (Wildman–Crippen LogP) is 3.45. The van der Waals surface area contributed by atoms with Crippen LogP contribution in [0.2, 0.25) is 0 Å². The fraction of sp³-hybridized carbons (Fsp3) is 0.0833. The molecule has 4 rings (SSSR count). The molecule has 1 heterocycles. The summed E-state index contributed by atoms with van der Waals surface area (Å²) in [4.78, 5) is 62.4. The SMILES string of the molecule is O=C(O)c1ccc(N2C(=O)C(=O)C(C(=O)c3ccccc3)C2c2cccc([N+](=O)[O-])c2)cc1. The second kappa shape index (κ2) is 8.46. The van der Waals surface area contributed by atoms with Crippen molar-refractivity contribution in [3.05, 3.63) is 106 Å². The van der Waals surface area contributed by atoms with Crippen molar-refractivity contribution < 1.29 is 29.2 Å². The molecule has 164 valence electrons. The number of carbonyl (C=O) groups excluding carboxylic acids is 3. The van der Waals surface area contributed by atoms with E-state index >= 15 is 0 Å². The number of anilines is 1. The Kier molecular flexibility index (Phi) is 5.53. The molecule has 9 nitrogen and oxygen atoms in total. The third-order valence-corrected chi connectivity index (χ3v) is 5.46. The fourth-order valence-corrected chi connectivity index (χ4v) is 3.92. The van der Waals surface area contributed by atoms with Gasteiger partial charge in [-0.05, 0) is 29.8 Å². The zero-order valence-corrected chi connectivity index (χ0v) is 17.0. The second-order valence-corrected chi connectivity index (χ2v) is 7.40. The second-order valence-electron chi connectivity index (χ2n) is 7.40. The van der Waals surface area contributed by atoms with Crippen LogP contribution in [0.1, 0.15) is 32.3 Å². The minimum atomic E-state index is -1.43. The molecule has 1 saturated heterocycles. The number of Topliss-reactive ketones (excluding diaryl/α,β-unsaturated/α-hetero) is 2. The van der Waals surface area contributed by atoms with Crippen LogP contribution in [-0.2, 0) is 9.59 Å². The number of benzene rings is 3. The van der Waals surface area contributed by atoms with Gasteiger partial charge in [0.05, 0.1) is 16.5 Å². The highest BCUT2D eigenvalue weighted by atomic mass is 16.6. The number of carboxylic acids is 1. The molecule has 2 unspecified atom stereocenters. The van der Waals surface area contributed by atoms with Gasteiger partial charge in [-0.25, -0.2) is 4.79 Å². The fourth-order valence-electron chi connectivity index (χ4n) is 3.92. The van der Waals surface area contributed by atoms with E-state index in [1.54, 1.807) is 18.2 Å². The average Bonchev–Trinajstić information content (AvgIpc) is 3.09. The first kappa shape index (κ1) is 21.6. The first-order chi connectivity index (χ1) is 15.8. The number of carbonyl (C=O) groups is 4.